The van der Waals surface area contributed by atoms with Crippen LogP contribution in [0.25, 0.3) is 0 Å². The molecule has 0 saturated heterocycles. The van der Waals surface area contributed by atoms with Gasteiger partial charge in [0.15, 0.2) is 0 Å². The van der Waals surface area contributed by atoms with Gasteiger partial charge in [0.2, 0.25) is 5.91 Å². The van der Waals surface area contributed by atoms with Gasteiger partial charge in [-0.3, -0.25) is 4.79 Å². The van der Waals surface area contributed by atoms with Crippen LogP contribution in [-0.2, 0) is 11.2 Å². The van der Waals surface area contributed by atoms with E-state index >= 15 is 0 Å². The first-order valence-corrected chi connectivity index (χ1v) is 9.06. The number of para-hydroxylation sites is 1. The molecule has 3 nitrogen and oxygen atoms in total. The van der Waals surface area contributed by atoms with Gasteiger partial charge in [-0.15, -0.1) is 11.8 Å². The fraction of sp³-hybridized carbons (Fsp3) is 0.278. The molecule has 1 aliphatic rings. The number of nitrogens with zero attached hydrogens (tertiary/aromatic N) is 1. The SMILES string of the molecule is O=C(CN1CCSc2ccccc21)NCCc1cccc(Cl)c1. The van der Waals surface area contributed by atoms with Gasteiger partial charge in [-0.1, -0.05) is 35.9 Å². The molecule has 2 aromatic carbocycles. The lowest BCUT2D eigenvalue weighted by Crippen LogP contribution is -2.40. The van der Waals surface area contributed by atoms with Crippen molar-refractivity contribution in [3.63, 3.8) is 0 Å². The summed E-state index contributed by atoms with van der Waals surface area (Å²) in [5, 5.41) is 3.73. The van der Waals surface area contributed by atoms with Crippen LogP contribution in [-0.4, -0.2) is 31.3 Å². The molecule has 0 atom stereocenters. The standard InChI is InChI=1S/C18H19ClN2OS/c19-15-5-3-4-14(12-15)8-9-20-18(22)13-21-10-11-23-17-7-2-1-6-16(17)21/h1-7,12H,8-11,13H2,(H,20,22). The van der Waals surface area contributed by atoms with Crippen molar-refractivity contribution in [2.24, 2.45) is 0 Å². The fourth-order valence-corrected chi connectivity index (χ4v) is 3.92. The van der Waals surface area contributed by atoms with Gasteiger partial charge < -0.3 is 10.2 Å². The number of nitrogens with one attached hydrogen (secondary N) is 1. The molecule has 0 unspecified atom stereocenters. The maximum atomic E-state index is 12.2. The van der Waals surface area contributed by atoms with E-state index < -0.39 is 0 Å². The summed E-state index contributed by atoms with van der Waals surface area (Å²) in [4.78, 5) is 15.6. The Kier molecular flexibility index (Phi) is 5.47. The summed E-state index contributed by atoms with van der Waals surface area (Å²) in [7, 11) is 0. The highest BCUT2D eigenvalue weighted by Crippen LogP contribution is 2.33. The molecule has 1 N–H and O–H groups in total. The fourth-order valence-electron chi connectivity index (χ4n) is 2.66. The Bertz CT molecular complexity index is 692. The van der Waals surface area contributed by atoms with Crippen molar-refractivity contribution in [1.29, 1.82) is 0 Å². The molecule has 2 aromatic rings. The molecule has 0 aromatic heterocycles. The van der Waals surface area contributed by atoms with Gasteiger partial charge in [0, 0.05) is 28.8 Å². The third-order valence-electron chi connectivity index (χ3n) is 3.78. The van der Waals surface area contributed by atoms with Crippen LogP contribution in [0, 0.1) is 0 Å². The topological polar surface area (TPSA) is 32.3 Å². The molecule has 0 spiro atoms. The van der Waals surface area contributed by atoms with Crippen molar-refractivity contribution in [2.75, 3.05) is 30.3 Å². The average Bonchev–Trinajstić information content (AvgIpc) is 2.55. The first-order chi connectivity index (χ1) is 11.2. The summed E-state index contributed by atoms with van der Waals surface area (Å²) >= 11 is 7.82. The van der Waals surface area contributed by atoms with E-state index in [9.17, 15) is 4.79 Å². The van der Waals surface area contributed by atoms with Crippen molar-refractivity contribution >= 4 is 35.0 Å². The maximum Gasteiger partial charge on any atom is 0.239 e. The van der Waals surface area contributed by atoms with Gasteiger partial charge in [-0.25, -0.2) is 0 Å². The van der Waals surface area contributed by atoms with Gasteiger partial charge >= 0.3 is 0 Å². The van der Waals surface area contributed by atoms with Crippen molar-refractivity contribution < 1.29 is 4.79 Å². The highest BCUT2D eigenvalue weighted by atomic mass is 35.5. The van der Waals surface area contributed by atoms with Gasteiger partial charge in [0.25, 0.3) is 0 Å². The van der Waals surface area contributed by atoms with Gasteiger partial charge in [-0.05, 0) is 36.2 Å². The minimum atomic E-state index is 0.0636. The number of hydrogen-bond acceptors (Lipinski definition) is 3. The highest BCUT2D eigenvalue weighted by molar-refractivity contribution is 7.99. The van der Waals surface area contributed by atoms with Gasteiger partial charge in [0.1, 0.15) is 0 Å². The highest BCUT2D eigenvalue weighted by Gasteiger charge is 2.18. The number of rotatable bonds is 5. The number of carbonyl (C=O) groups is 1. The number of carbonyl (C=O) groups excluding carboxylic acids is 1. The van der Waals surface area contributed by atoms with Crippen LogP contribution >= 0.6 is 23.4 Å². The van der Waals surface area contributed by atoms with E-state index in [4.69, 9.17) is 11.6 Å². The van der Waals surface area contributed by atoms with Crippen LogP contribution in [0.2, 0.25) is 5.02 Å². The molecule has 0 saturated carbocycles. The van der Waals surface area contributed by atoms with E-state index in [0.717, 1.165) is 35.0 Å². The number of fused-ring (bicyclic) bond motifs is 1. The third kappa shape index (κ3) is 4.43. The van der Waals surface area contributed by atoms with E-state index in [0.29, 0.717) is 13.1 Å². The molecule has 1 heterocycles. The smallest absolute Gasteiger partial charge is 0.239 e. The lowest BCUT2D eigenvalue weighted by Gasteiger charge is -2.30. The molecule has 3 rings (SSSR count). The Hall–Kier alpha value is -1.65. The zero-order valence-corrected chi connectivity index (χ0v) is 14.4. The maximum absolute atomic E-state index is 12.2. The number of hydrogen-bond donors (Lipinski definition) is 1. The predicted octanol–water partition coefficient (Wildman–Crippen LogP) is 3.61. The van der Waals surface area contributed by atoms with Crippen LogP contribution in [0.4, 0.5) is 5.69 Å². The van der Waals surface area contributed by atoms with E-state index in [2.05, 4.69) is 22.3 Å². The minimum absolute atomic E-state index is 0.0636. The number of amides is 1. The first kappa shape index (κ1) is 16.2. The first-order valence-electron chi connectivity index (χ1n) is 7.70. The van der Waals surface area contributed by atoms with Gasteiger partial charge in [0.05, 0.1) is 12.2 Å². The predicted molar refractivity (Wildman–Crippen MR) is 97.5 cm³/mol. The van der Waals surface area contributed by atoms with Crippen LogP contribution < -0.4 is 10.2 Å². The second-order valence-electron chi connectivity index (χ2n) is 5.47. The minimum Gasteiger partial charge on any atom is -0.360 e. The second kappa shape index (κ2) is 7.75. The molecular formula is C18H19ClN2OS. The summed E-state index contributed by atoms with van der Waals surface area (Å²) in [5.41, 5.74) is 2.30. The summed E-state index contributed by atoms with van der Waals surface area (Å²) < 4.78 is 0. The molecular weight excluding hydrogens is 328 g/mol. The average molecular weight is 347 g/mol. The Morgan fingerprint density at radius 3 is 2.96 bits per heavy atom. The zero-order chi connectivity index (χ0) is 16.1. The van der Waals surface area contributed by atoms with Crippen molar-refractivity contribution in [1.82, 2.24) is 5.32 Å². The van der Waals surface area contributed by atoms with Crippen LogP contribution in [0.15, 0.2) is 53.4 Å². The molecule has 0 fully saturated rings. The molecule has 1 aliphatic heterocycles. The second-order valence-corrected chi connectivity index (χ2v) is 7.04. The van der Waals surface area contributed by atoms with E-state index in [1.807, 2.05) is 48.2 Å². The number of thioether (sulfide) groups is 1. The zero-order valence-electron chi connectivity index (χ0n) is 12.8. The van der Waals surface area contributed by atoms with Gasteiger partial charge in [-0.2, -0.15) is 0 Å². The van der Waals surface area contributed by atoms with Crippen molar-refractivity contribution in [3.05, 3.63) is 59.1 Å². The largest absolute Gasteiger partial charge is 0.360 e. The number of anilines is 1. The number of halogens is 1. The molecule has 0 bridgehead atoms. The molecule has 0 radical (unpaired) electrons. The molecule has 23 heavy (non-hydrogen) atoms. The molecule has 120 valence electrons. The Labute approximate surface area is 146 Å². The Morgan fingerprint density at radius 1 is 1.22 bits per heavy atom. The molecule has 0 aliphatic carbocycles. The van der Waals surface area contributed by atoms with E-state index in [-0.39, 0.29) is 5.91 Å². The van der Waals surface area contributed by atoms with Crippen LogP contribution in [0.3, 0.4) is 0 Å². The lowest BCUT2D eigenvalue weighted by molar-refractivity contribution is -0.119. The number of benzene rings is 2. The van der Waals surface area contributed by atoms with Crippen LogP contribution in [0.5, 0.6) is 0 Å². The quantitative estimate of drug-likeness (QED) is 0.897. The monoisotopic (exact) mass is 346 g/mol. The summed E-state index contributed by atoms with van der Waals surface area (Å²) in [6.45, 7) is 1.94. The van der Waals surface area contributed by atoms with Crippen LogP contribution in [0.1, 0.15) is 5.56 Å². The lowest BCUT2D eigenvalue weighted by atomic mass is 10.1. The summed E-state index contributed by atoms with van der Waals surface area (Å²) in [6, 6.07) is 16.0. The van der Waals surface area contributed by atoms with E-state index in [1.165, 1.54) is 4.90 Å². The van der Waals surface area contributed by atoms with Crippen molar-refractivity contribution in [3.8, 4) is 0 Å². The Morgan fingerprint density at radius 2 is 2.09 bits per heavy atom. The molecule has 1 amide bonds. The molecule has 5 heteroatoms. The van der Waals surface area contributed by atoms with E-state index in [1.54, 1.807) is 0 Å². The normalized spacial score (nSPS) is 13.5. The summed E-state index contributed by atoms with van der Waals surface area (Å²) in [6.07, 6.45) is 0.790. The summed E-state index contributed by atoms with van der Waals surface area (Å²) in [5.74, 6) is 1.08. The third-order valence-corrected chi connectivity index (χ3v) is 5.06. The Balaban J connectivity index is 1.50. The van der Waals surface area contributed by atoms with Crippen molar-refractivity contribution in [2.45, 2.75) is 11.3 Å².